The number of aromatic nitrogens is 3. The third kappa shape index (κ3) is 2.22. The van der Waals surface area contributed by atoms with Gasteiger partial charge in [0.2, 0.25) is 0 Å². The van der Waals surface area contributed by atoms with Crippen LogP contribution in [-0.2, 0) is 13.1 Å². The van der Waals surface area contributed by atoms with Gasteiger partial charge >= 0.3 is 0 Å². The average Bonchev–Trinajstić information content (AvgIpc) is 2.94. The highest BCUT2D eigenvalue weighted by molar-refractivity contribution is 7.15. The Bertz CT molecular complexity index is 596. The molecular weight excluding hydrogens is 236 g/mol. The van der Waals surface area contributed by atoms with Crippen molar-refractivity contribution in [2.45, 2.75) is 20.0 Å². The number of fused-ring (bicyclic) bond motifs is 1. The molecule has 6 heteroatoms. The number of thiazole rings is 1. The molecule has 0 saturated heterocycles. The van der Waals surface area contributed by atoms with Crippen molar-refractivity contribution in [3.8, 4) is 0 Å². The van der Waals surface area contributed by atoms with Gasteiger partial charge in [-0.15, -0.1) is 11.3 Å². The Labute approximate surface area is 102 Å². The normalized spacial score (nSPS) is 11.4. The smallest absolute Gasteiger partial charge is 0.193 e. The van der Waals surface area contributed by atoms with E-state index in [9.17, 15) is 0 Å². The van der Waals surface area contributed by atoms with E-state index in [4.69, 9.17) is 4.52 Å². The molecule has 0 amide bonds. The molecular formula is C11H12N4OS. The second kappa shape index (κ2) is 4.31. The Kier molecular flexibility index (Phi) is 2.66. The summed E-state index contributed by atoms with van der Waals surface area (Å²) in [5.41, 5.74) is 1.94. The highest BCUT2D eigenvalue weighted by Crippen LogP contribution is 2.11. The van der Waals surface area contributed by atoms with Gasteiger partial charge in [0.1, 0.15) is 0 Å². The van der Waals surface area contributed by atoms with Crippen molar-refractivity contribution in [1.29, 1.82) is 0 Å². The number of rotatable bonds is 4. The third-order valence-corrected chi connectivity index (χ3v) is 3.20. The van der Waals surface area contributed by atoms with Gasteiger partial charge in [0.25, 0.3) is 0 Å². The summed E-state index contributed by atoms with van der Waals surface area (Å²) >= 11 is 1.64. The molecule has 0 aliphatic rings. The first-order valence-corrected chi connectivity index (χ1v) is 6.23. The predicted octanol–water partition coefficient (Wildman–Crippen LogP) is 1.98. The third-order valence-electron chi connectivity index (χ3n) is 2.43. The molecule has 0 atom stereocenters. The van der Waals surface area contributed by atoms with E-state index in [1.54, 1.807) is 11.3 Å². The lowest BCUT2D eigenvalue weighted by Gasteiger charge is -1.97. The Balaban J connectivity index is 1.59. The maximum atomic E-state index is 5.11. The fourth-order valence-corrected chi connectivity index (χ4v) is 2.39. The molecule has 88 valence electrons. The van der Waals surface area contributed by atoms with E-state index in [-0.39, 0.29) is 0 Å². The first kappa shape index (κ1) is 10.5. The van der Waals surface area contributed by atoms with Gasteiger partial charge in [0, 0.05) is 30.4 Å². The van der Waals surface area contributed by atoms with Crippen molar-refractivity contribution in [3.05, 3.63) is 41.0 Å². The summed E-state index contributed by atoms with van der Waals surface area (Å²) in [5.74, 6) is 0.850. The van der Waals surface area contributed by atoms with E-state index in [0.29, 0.717) is 6.54 Å². The minimum Gasteiger partial charge on any atom is -0.360 e. The molecule has 17 heavy (non-hydrogen) atoms. The van der Waals surface area contributed by atoms with Gasteiger partial charge in [-0.25, -0.2) is 4.98 Å². The Morgan fingerprint density at radius 2 is 2.41 bits per heavy atom. The molecule has 0 fully saturated rings. The van der Waals surface area contributed by atoms with Crippen LogP contribution in [0.15, 0.2) is 28.4 Å². The summed E-state index contributed by atoms with van der Waals surface area (Å²) in [7, 11) is 0. The molecule has 0 saturated carbocycles. The fraction of sp³-hybridized carbons (Fsp3) is 0.273. The van der Waals surface area contributed by atoms with Gasteiger partial charge in [-0.2, -0.15) is 0 Å². The summed E-state index contributed by atoms with van der Waals surface area (Å²) in [6, 6.07) is 1.93. The van der Waals surface area contributed by atoms with Crippen LogP contribution in [0.5, 0.6) is 0 Å². The molecule has 0 radical (unpaired) electrons. The van der Waals surface area contributed by atoms with E-state index in [2.05, 4.69) is 15.5 Å². The molecule has 3 aromatic rings. The largest absolute Gasteiger partial charge is 0.360 e. The van der Waals surface area contributed by atoms with Gasteiger partial charge in [-0.3, -0.25) is 4.40 Å². The highest BCUT2D eigenvalue weighted by Gasteiger charge is 2.03. The van der Waals surface area contributed by atoms with Crippen LogP contribution in [0, 0.1) is 6.92 Å². The maximum Gasteiger partial charge on any atom is 0.193 e. The Hall–Kier alpha value is -1.66. The molecule has 0 spiro atoms. The monoisotopic (exact) mass is 248 g/mol. The van der Waals surface area contributed by atoms with Crippen molar-refractivity contribution >= 4 is 16.3 Å². The molecule has 0 unspecified atom stereocenters. The zero-order valence-corrected chi connectivity index (χ0v) is 10.2. The zero-order valence-electron chi connectivity index (χ0n) is 9.38. The lowest BCUT2D eigenvalue weighted by atomic mass is 10.4. The van der Waals surface area contributed by atoms with Crippen molar-refractivity contribution < 1.29 is 4.52 Å². The van der Waals surface area contributed by atoms with E-state index >= 15 is 0 Å². The van der Waals surface area contributed by atoms with Gasteiger partial charge in [0.15, 0.2) is 10.7 Å². The van der Waals surface area contributed by atoms with Crippen LogP contribution in [0.3, 0.4) is 0 Å². The summed E-state index contributed by atoms with van der Waals surface area (Å²) in [6.45, 7) is 3.32. The maximum absolute atomic E-state index is 5.11. The molecule has 3 rings (SSSR count). The van der Waals surface area contributed by atoms with Gasteiger partial charge in [0.05, 0.1) is 17.9 Å². The van der Waals surface area contributed by atoms with Crippen LogP contribution in [0.4, 0.5) is 0 Å². The Morgan fingerprint density at radius 1 is 1.47 bits per heavy atom. The standard InChI is InChI=1S/C11H12N4OS/c1-8-4-10(16-14-8)6-12-5-9-7-15-2-3-17-11(15)13-9/h2-4,7,12H,5-6H2,1H3. The SMILES string of the molecule is Cc1cc(CNCc2cn3ccsc3n2)on1. The molecule has 0 aliphatic carbocycles. The average molecular weight is 248 g/mol. The van der Waals surface area contributed by atoms with Gasteiger partial charge < -0.3 is 9.84 Å². The summed E-state index contributed by atoms with van der Waals surface area (Å²) in [6.07, 6.45) is 4.04. The lowest BCUT2D eigenvalue weighted by molar-refractivity contribution is 0.369. The summed E-state index contributed by atoms with van der Waals surface area (Å²) < 4.78 is 7.14. The first-order valence-electron chi connectivity index (χ1n) is 5.35. The second-order valence-corrected chi connectivity index (χ2v) is 4.74. The molecule has 3 heterocycles. The quantitative estimate of drug-likeness (QED) is 0.767. The minimum absolute atomic E-state index is 0.673. The fourth-order valence-electron chi connectivity index (χ4n) is 1.67. The summed E-state index contributed by atoms with van der Waals surface area (Å²) in [5, 5.41) is 9.14. The topological polar surface area (TPSA) is 55.4 Å². The van der Waals surface area contributed by atoms with Crippen LogP contribution < -0.4 is 5.32 Å². The zero-order chi connectivity index (χ0) is 11.7. The van der Waals surface area contributed by atoms with Crippen LogP contribution in [0.25, 0.3) is 4.96 Å². The van der Waals surface area contributed by atoms with Gasteiger partial charge in [-0.05, 0) is 6.92 Å². The molecule has 5 nitrogen and oxygen atoms in total. The number of aryl methyl sites for hydroxylation is 1. The van der Waals surface area contributed by atoms with E-state index in [0.717, 1.165) is 28.7 Å². The second-order valence-electron chi connectivity index (χ2n) is 3.86. The molecule has 0 aliphatic heterocycles. The van der Waals surface area contributed by atoms with E-state index in [1.807, 2.05) is 35.2 Å². The molecule has 0 aromatic carbocycles. The van der Waals surface area contributed by atoms with Crippen LogP contribution >= 0.6 is 11.3 Å². The number of hydrogen-bond acceptors (Lipinski definition) is 5. The predicted molar refractivity (Wildman–Crippen MR) is 64.9 cm³/mol. The van der Waals surface area contributed by atoms with Crippen molar-refractivity contribution in [3.63, 3.8) is 0 Å². The molecule has 0 bridgehead atoms. The van der Waals surface area contributed by atoms with Crippen molar-refractivity contribution in [1.82, 2.24) is 19.9 Å². The van der Waals surface area contributed by atoms with Crippen LogP contribution in [-0.4, -0.2) is 14.5 Å². The number of nitrogens with zero attached hydrogens (tertiary/aromatic N) is 3. The first-order chi connectivity index (χ1) is 8.31. The molecule has 1 N–H and O–H groups in total. The van der Waals surface area contributed by atoms with E-state index < -0.39 is 0 Å². The van der Waals surface area contributed by atoms with Crippen LogP contribution in [0.1, 0.15) is 17.1 Å². The lowest BCUT2D eigenvalue weighted by Crippen LogP contribution is -2.12. The minimum atomic E-state index is 0.673. The Morgan fingerprint density at radius 3 is 3.18 bits per heavy atom. The summed E-state index contributed by atoms with van der Waals surface area (Å²) in [4.78, 5) is 5.51. The van der Waals surface area contributed by atoms with E-state index in [1.165, 1.54) is 0 Å². The number of hydrogen-bond donors (Lipinski definition) is 1. The number of nitrogens with one attached hydrogen (secondary N) is 1. The van der Waals surface area contributed by atoms with Crippen molar-refractivity contribution in [2.24, 2.45) is 0 Å². The van der Waals surface area contributed by atoms with Crippen LogP contribution in [0.2, 0.25) is 0 Å². The number of imidazole rings is 1. The van der Waals surface area contributed by atoms with Gasteiger partial charge in [-0.1, -0.05) is 5.16 Å². The van der Waals surface area contributed by atoms with Crippen molar-refractivity contribution in [2.75, 3.05) is 0 Å². The highest BCUT2D eigenvalue weighted by atomic mass is 32.1. The molecule has 3 aromatic heterocycles.